The first-order valence-electron chi connectivity index (χ1n) is 7.32. The van der Waals surface area contributed by atoms with Crippen LogP contribution in [0.5, 0.6) is 0 Å². The molecular weight excluding hydrogens is 382 g/mol. The number of benzene rings is 1. The molecule has 1 heterocycles. The Kier molecular flexibility index (Phi) is 6.62. The first-order valence-corrected chi connectivity index (χ1v) is 8.11. The summed E-state index contributed by atoms with van der Waals surface area (Å²) in [5, 5.41) is 2.91. The van der Waals surface area contributed by atoms with Gasteiger partial charge in [0.25, 0.3) is 0 Å². The van der Waals surface area contributed by atoms with Crippen molar-refractivity contribution < 1.29 is 9.59 Å². The third-order valence-electron chi connectivity index (χ3n) is 3.92. The normalized spacial score (nSPS) is 17.9. The van der Waals surface area contributed by atoms with Crippen LogP contribution in [0.3, 0.4) is 0 Å². The fourth-order valence-corrected chi connectivity index (χ4v) is 2.66. The van der Waals surface area contributed by atoms with Crippen molar-refractivity contribution in [2.45, 2.75) is 32.7 Å². The summed E-state index contributed by atoms with van der Waals surface area (Å²) in [4.78, 5) is 26.2. The van der Waals surface area contributed by atoms with Gasteiger partial charge < -0.3 is 16.0 Å². The maximum atomic E-state index is 12.3. The Balaban J connectivity index is 0.00000264. The Hall–Kier alpha value is -1.11. The van der Waals surface area contributed by atoms with Gasteiger partial charge in [-0.2, -0.15) is 0 Å². The van der Waals surface area contributed by atoms with E-state index in [0.29, 0.717) is 13.1 Å². The van der Waals surface area contributed by atoms with Gasteiger partial charge in [0.15, 0.2) is 0 Å². The van der Waals surface area contributed by atoms with Crippen molar-refractivity contribution in [3.8, 4) is 0 Å². The van der Waals surface area contributed by atoms with Crippen molar-refractivity contribution in [1.29, 1.82) is 0 Å². The van der Waals surface area contributed by atoms with Crippen LogP contribution in [-0.4, -0.2) is 30.4 Å². The number of carbonyl (C=O) groups is 2. The molecule has 2 rings (SSSR count). The van der Waals surface area contributed by atoms with Crippen LogP contribution in [0, 0.1) is 12.8 Å². The molecule has 1 saturated heterocycles. The Morgan fingerprint density at radius 2 is 2.13 bits per heavy atom. The maximum absolute atomic E-state index is 12.3. The van der Waals surface area contributed by atoms with Crippen LogP contribution in [0.2, 0.25) is 0 Å². The SMILES string of the molecule is Cc1cc(N2CC(C(=O)NC(C)(C)CN)CC2=O)ccc1Br.Cl. The molecule has 1 atom stereocenters. The Labute approximate surface area is 151 Å². The van der Waals surface area contributed by atoms with Crippen LogP contribution in [0.25, 0.3) is 0 Å². The van der Waals surface area contributed by atoms with Gasteiger partial charge in [-0.15, -0.1) is 12.4 Å². The molecule has 5 nitrogen and oxygen atoms in total. The molecule has 0 saturated carbocycles. The molecule has 1 aromatic carbocycles. The van der Waals surface area contributed by atoms with E-state index in [9.17, 15) is 9.59 Å². The molecule has 3 N–H and O–H groups in total. The molecule has 0 aliphatic carbocycles. The van der Waals surface area contributed by atoms with Gasteiger partial charge in [-0.3, -0.25) is 9.59 Å². The molecule has 1 fully saturated rings. The minimum atomic E-state index is -0.457. The third-order valence-corrected chi connectivity index (χ3v) is 4.81. The highest BCUT2D eigenvalue weighted by Gasteiger charge is 2.36. The molecule has 23 heavy (non-hydrogen) atoms. The highest BCUT2D eigenvalue weighted by Crippen LogP contribution is 2.28. The first-order chi connectivity index (χ1) is 10.2. The Bertz CT molecular complexity index is 607. The zero-order chi connectivity index (χ0) is 16.5. The van der Waals surface area contributed by atoms with Crippen molar-refractivity contribution in [2.75, 3.05) is 18.0 Å². The summed E-state index contributed by atoms with van der Waals surface area (Å²) in [5.74, 6) is -0.463. The maximum Gasteiger partial charge on any atom is 0.227 e. The fraction of sp³-hybridized carbons (Fsp3) is 0.500. The van der Waals surface area contributed by atoms with Gasteiger partial charge in [0.05, 0.1) is 5.92 Å². The predicted octanol–water partition coefficient (Wildman–Crippen LogP) is 2.39. The molecule has 0 aromatic heterocycles. The number of nitrogens with zero attached hydrogens (tertiary/aromatic N) is 1. The molecule has 1 unspecified atom stereocenters. The van der Waals surface area contributed by atoms with Crippen LogP contribution in [0.4, 0.5) is 5.69 Å². The van der Waals surface area contributed by atoms with E-state index in [1.807, 2.05) is 39.0 Å². The van der Waals surface area contributed by atoms with Crippen molar-refractivity contribution in [3.63, 3.8) is 0 Å². The zero-order valence-electron chi connectivity index (χ0n) is 13.6. The number of rotatable bonds is 4. The average Bonchev–Trinajstić information content (AvgIpc) is 2.84. The second-order valence-electron chi connectivity index (χ2n) is 6.42. The second kappa shape index (κ2) is 7.64. The van der Waals surface area contributed by atoms with E-state index in [1.54, 1.807) is 4.90 Å². The summed E-state index contributed by atoms with van der Waals surface area (Å²) in [6.07, 6.45) is 0.238. The van der Waals surface area contributed by atoms with E-state index in [2.05, 4.69) is 21.2 Å². The lowest BCUT2D eigenvalue weighted by atomic mass is 10.0. The number of amides is 2. The van der Waals surface area contributed by atoms with Gasteiger partial charge in [0.2, 0.25) is 11.8 Å². The summed E-state index contributed by atoms with van der Waals surface area (Å²) < 4.78 is 1.00. The van der Waals surface area contributed by atoms with Gasteiger partial charge >= 0.3 is 0 Å². The third kappa shape index (κ3) is 4.68. The van der Waals surface area contributed by atoms with Crippen LogP contribution in [-0.2, 0) is 9.59 Å². The summed E-state index contributed by atoms with van der Waals surface area (Å²) in [6.45, 7) is 6.48. The Morgan fingerprint density at radius 3 is 2.70 bits per heavy atom. The molecule has 1 aromatic rings. The molecule has 2 amide bonds. The van der Waals surface area contributed by atoms with E-state index >= 15 is 0 Å². The predicted molar refractivity (Wildman–Crippen MR) is 97.9 cm³/mol. The van der Waals surface area contributed by atoms with Gasteiger partial charge in [-0.1, -0.05) is 15.9 Å². The molecule has 7 heteroatoms. The van der Waals surface area contributed by atoms with Gasteiger partial charge in [0.1, 0.15) is 0 Å². The number of hydrogen-bond acceptors (Lipinski definition) is 3. The van der Waals surface area contributed by atoms with Crippen LogP contribution in [0.1, 0.15) is 25.8 Å². The summed E-state index contributed by atoms with van der Waals surface area (Å²) in [6, 6.07) is 5.76. The smallest absolute Gasteiger partial charge is 0.227 e. The lowest BCUT2D eigenvalue weighted by molar-refractivity contribution is -0.127. The number of carbonyl (C=O) groups excluding carboxylic acids is 2. The number of aryl methyl sites for hydroxylation is 1. The molecule has 0 radical (unpaired) electrons. The van der Waals surface area contributed by atoms with Crippen LogP contribution < -0.4 is 16.0 Å². The van der Waals surface area contributed by atoms with Crippen molar-refractivity contribution in [1.82, 2.24) is 5.32 Å². The number of anilines is 1. The zero-order valence-corrected chi connectivity index (χ0v) is 16.0. The van der Waals surface area contributed by atoms with Gasteiger partial charge in [-0.25, -0.2) is 0 Å². The fourth-order valence-electron chi connectivity index (χ4n) is 2.42. The lowest BCUT2D eigenvalue weighted by Gasteiger charge is -2.26. The van der Waals surface area contributed by atoms with Gasteiger partial charge in [0, 0.05) is 35.2 Å². The summed E-state index contributed by atoms with van der Waals surface area (Å²) >= 11 is 3.45. The minimum Gasteiger partial charge on any atom is -0.350 e. The quantitative estimate of drug-likeness (QED) is 0.809. The topological polar surface area (TPSA) is 75.4 Å². The van der Waals surface area contributed by atoms with Gasteiger partial charge in [-0.05, 0) is 44.5 Å². The Morgan fingerprint density at radius 1 is 1.48 bits per heavy atom. The standard InChI is InChI=1S/C16H22BrN3O2.ClH/c1-10-6-12(4-5-13(10)17)20-8-11(7-14(20)21)15(22)19-16(2,3)9-18;/h4-6,11H,7-9,18H2,1-3H3,(H,19,22);1H. The van der Waals surface area contributed by atoms with E-state index in [0.717, 1.165) is 15.7 Å². The van der Waals surface area contributed by atoms with Crippen molar-refractivity contribution in [2.24, 2.45) is 11.7 Å². The molecule has 0 spiro atoms. The monoisotopic (exact) mass is 403 g/mol. The van der Waals surface area contributed by atoms with E-state index in [4.69, 9.17) is 5.73 Å². The van der Waals surface area contributed by atoms with E-state index < -0.39 is 5.54 Å². The molecular formula is C16H23BrClN3O2. The molecule has 128 valence electrons. The van der Waals surface area contributed by atoms with Crippen LogP contribution in [0.15, 0.2) is 22.7 Å². The largest absolute Gasteiger partial charge is 0.350 e. The molecule has 1 aliphatic heterocycles. The number of halogens is 2. The molecule has 1 aliphatic rings. The number of hydrogen-bond donors (Lipinski definition) is 2. The highest BCUT2D eigenvalue weighted by atomic mass is 79.9. The van der Waals surface area contributed by atoms with E-state index in [1.165, 1.54) is 0 Å². The number of nitrogens with one attached hydrogen (secondary N) is 1. The molecule has 0 bridgehead atoms. The highest BCUT2D eigenvalue weighted by molar-refractivity contribution is 9.10. The van der Waals surface area contributed by atoms with Crippen molar-refractivity contribution >= 4 is 45.8 Å². The number of nitrogens with two attached hydrogens (primary N) is 1. The minimum absolute atomic E-state index is 0. The first kappa shape index (κ1) is 19.9. The lowest BCUT2D eigenvalue weighted by Crippen LogP contribution is -2.51. The van der Waals surface area contributed by atoms with Crippen molar-refractivity contribution in [3.05, 3.63) is 28.2 Å². The summed E-state index contributed by atoms with van der Waals surface area (Å²) in [5.41, 5.74) is 7.07. The second-order valence-corrected chi connectivity index (χ2v) is 7.27. The average molecular weight is 405 g/mol. The summed E-state index contributed by atoms with van der Waals surface area (Å²) in [7, 11) is 0. The van der Waals surface area contributed by atoms with Crippen LogP contribution >= 0.6 is 28.3 Å². The van der Waals surface area contributed by atoms with E-state index in [-0.39, 0.29) is 36.6 Å².